The quantitative estimate of drug-likeness (QED) is 0.723. The highest BCUT2D eigenvalue weighted by molar-refractivity contribution is 5.76. The van der Waals surface area contributed by atoms with Gasteiger partial charge >= 0.3 is 6.03 Å². The smallest absolute Gasteiger partial charge is 0.320 e. The van der Waals surface area contributed by atoms with Gasteiger partial charge < -0.3 is 14.7 Å². The van der Waals surface area contributed by atoms with Gasteiger partial charge in [0, 0.05) is 46.2 Å². The summed E-state index contributed by atoms with van der Waals surface area (Å²) in [4.78, 5) is 29.3. The molecule has 5 heteroatoms. The van der Waals surface area contributed by atoms with Crippen molar-refractivity contribution in [1.29, 1.82) is 0 Å². The molecule has 108 valence electrons. The number of carbonyl (C=O) groups is 2. The molecule has 1 aliphatic heterocycles. The second-order valence-electron chi connectivity index (χ2n) is 5.68. The number of carbonyl (C=O) groups excluding carboxylic acids is 2. The average Bonchev–Trinajstić information content (AvgIpc) is 2.46. The Bertz CT molecular complexity index is 332. The topological polar surface area (TPSA) is 43.9 Å². The lowest BCUT2D eigenvalue weighted by atomic mass is 9.95. The van der Waals surface area contributed by atoms with Gasteiger partial charge in [0.05, 0.1) is 0 Å². The monoisotopic (exact) mass is 267 g/mol. The summed E-state index contributed by atoms with van der Waals surface area (Å²) in [6.07, 6.45) is 6.04. The molecule has 2 aliphatic rings. The first-order valence-electron chi connectivity index (χ1n) is 7.37. The zero-order valence-electron chi connectivity index (χ0n) is 12.1. The van der Waals surface area contributed by atoms with Gasteiger partial charge in [0.2, 0.25) is 5.91 Å². The molecule has 19 heavy (non-hydrogen) atoms. The van der Waals surface area contributed by atoms with E-state index in [0.29, 0.717) is 32.2 Å². The third-order valence-corrected chi connectivity index (χ3v) is 4.42. The van der Waals surface area contributed by atoms with Crippen LogP contribution in [0.5, 0.6) is 0 Å². The molecule has 2 rings (SSSR count). The van der Waals surface area contributed by atoms with E-state index < -0.39 is 0 Å². The highest BCUT2D eigenvalue weighted by Crippen LogP contribution is 2.22. The molecule has 0 spiro atoms. The van der Waals surface area contributed by atoms with E-state index in [1.807, 2.05) is 21.7 Å². The first-order chi connectivity index (χ1) is 9.09. The van der Waals surface area contributed by atoms with Gasteiger partial charge in [0.25, 0.3) is 0 Å². The van der Waals surface area contributed by atoms with Gasteiger partial charge in [0.15, 0.2) is 0 Å². The highest BCUT2D eigenvalue weighted by atomic mass is 16.2. The van der Waals surface area contributed by atoms with Crippen molar-refractivity contribution in [2.75, 3.05) is 33.2 Å². The molecule has 3 amide bonds. The maximum atomic E-state index is 12.4. The van der Waals surface area contributed by atoms with Gasteiger partial charge in [-0.1, -0.05) is 19.3 Å². The van der Waals surface area contributed by atoms with Crippen molar-refractivity contribution in [3.8, 4) is 0 Å². The van der Waals surface area contributed by atoms with E-state index in [9.17, 15) is 9.59 Å². The third-order valence-electron chi connectivity index (χ3n) is 4.42. The van der Waals surface area contributed by atoms with E-state index in [-0.39, 0.29) is 11.9 Å². The molecule has 0 aromatic carbocycles. The summed E-state index contributed by atoms with van der Waals surface area (Å²) in [5, 5.41) is 0. The van der Waals surface area contributed by atoms with Crippen LogP contribution in [-0.4, -0.2) is 65.9 Å². The first-order valence-corrected chi connectivity index (χ1v) is 7.37. The fraction of sp³-hybridized carbons (Fsp3) is 0.857. The predicted molar refractivity (Wildman–Crippen MR) is 73.9 cm³/mol. The molecule has 2 fully saturated rings. The molecular formula is C14H25N3O2. The number of urea groups is 1. The lowest BCUT2D eigenvalue weighted by Crippen LogP contribution is -2.54. The Hall–Kier alpha value is -1.26. The number of hydrogen-bond acceptors (Lipinski definition) is 2. The van der Waals surface area contributed by atoms with Crippen LogP contribution in [0.4, 0.5) is 4.79 Å². The number of rotatable bonds is 1. The molecule has 0 N–H and O–H groups in total. The van der Waals surface area contributed by atoms with Crippen molar-refractivity contribution < 1.29 is 9.59 Å². The first kappa shape index (κ1) is 14.2. The van der Waals surface area contributed by atoms with Crippen molar-refractivity contribution in [3.63, 3.8) is 0 Å². The van der Waals surface area contributed by atoms with E-state index in [2.05, 4.69) is 0 Å². The molecular weight excluding hydrogens is 242 g/mol. The molecule has 0 aromatic heterocycles. The van der Waals surface area contributed by atoms with Crippen LogP contribution in [0.2, 0.25) is 0 Å². The minimum Gasteiger partial charge on any atom is -0.339 e. The molecule has 1 saturated heterocycles. The minimum absolute atomic E-state index is 0.104. The van der Waals surface area contributed by atoms with Gasteiger partial charge in [-0.25, -0.2) is 4.79 Å². The van der Waals surface area contributed by atoms with Crippen LogP contribution in [0, 0.1) is 0 Å². The molecule has 0 atom stereocenters. The van der Waals surface area contributed by atoms with Gasteiger partial charge in [-0.05, 0) is 12.8 Å². The van der Waals surface area contributed by atoms with Crippen LogP contribution in [-0.2, 0) is 4.79 Å². The Morgan fingerprint density at radius 3 is 2.00 bits per heavy atom. The molecule has 0 unspecified atom stereocenters. The highest BCUT2D eigenvalue weighted by Gasteiger charge is 2.28. The summed E-state index contributed by atoms with van der Waals surface area (Å²) in [6.45, 7) is 4.25. The van der Waals surface area contributed by atoms with Gasteiger partial charge in [-0.3, -0.25) is 4.79 Å². The largest absolute Gasteiger partial charge is 0.339 e. The van der Waals surface area contributed by atoms with Crippen LogP contribution in [0.15, 0.2) is 0 Å². The Morgan fingerprint density at radius 1 is 0.947 bits per heavy atom. The van der Waals surface area contributed by atoms with E-state index in [1.165, 1.54) is 19.3 Å². The maximum Gasteiger partial charge on any atom is 0.320 e. The second-order valence-corrected chi connectivity index (χ2v) is 5.68. The van der Waals surface area contributed by atoms with Gasteiger partial charge in [-0.2, -0.15) is 0 Å². The van der Waals surface area contributed by atoms with E-state index in [0.717, 1.165) is 12.8 Å². The third kappa shape index (κ3) is 3.39. The lowest BCUT2D eigenvalue weighted by molar-refractivity contribution is -0.130. The standard InChI is InChI=1S/C14H25N3O2/c1-12(18)16-8-10-17(11-9-16)14(19)15(2)13-6-4-3-5-7-13/h13H,3-11H2,1-2H3. The number of amides is 3. The van der Waals surface area contributed by atoms with Gasteiger partial charge in [0.1, 0.15) is 0 Å². The second kappa shape index (κ2) is 6.26. The van der Waals surface area contributed by atoms with Crippen molar-refractivity contribution in [2.24, 2.45) is 0 Å². The van der Waals surface area contributed by atoms with Crippen molar-refractivity contribution in [3.05, 3.63) is 0 Å². The minimum atomic E-state index is 0.104. The van der Waals surface area contributed by atoms with Crippen molar-refractivity contribution in [1.82, 2.24) is 14.7 Å². The van der Waals surface area contributed by atoms with Crippen LogP contribution >= 0.6 is 0 Å². The Balaban J connectivity index is 1.84. The molecule has 1 heterocycles. The number of nitrogens with zero attached hydrogens (tertiary/aromatic N) is 3. The average molecular weight is 267 g/mol. The summed E-state index contributed by atoms with van der Waals surface area (Å²) in [7, 11) is 1.93. The summed E-state index contributed by atoms with van der Waals surface area (Å²) in [5.74, 6) is 0.104. The number of hydrogen-bond donors (Lipinski definition) is 0. The van der Waals surface area contributed by atoms with Crippen molar-refractivity contribution in [2.45, 2.75) is 45.1 Å². The normalized spacial score (nSPS) is 21.4. The molecule has 1 aliphatic carbocycles. The summed E-state index contributed by atoms with van der Waals surface area (Å²) in [5.41, 5.74) is 0. The van der Waals surface area contributed by atoms with Crippen LogP contribution < -0.4 is 0 Å². The van der Waals surface area contributed by atoms with E-state index in [4.69, 9.17) is 0 Å². The molecule has 0 aromatic rings. The van der Waals surface area contributed by atoms with E-state index >= 15 is 0 Å². The fourth-order valence-electron chi connectivity index (χ4n) is 3.06. The Kier molecular flexibility index (Phi) is 4.66. The molecule has 0 radical (unpaired) electrons. The SMILES string of the molecule is CC(=O)N1CCN(C(=O)N(C)C2CCCCC2)CC1. The van der Waals surface area contributed by atoms with Crippen LogP contribution in [0.3, 0.4) is 0 Å². The summed E-state index contributed by atoms with van der Waals surface area (Å²) >= 11 is 0. The fourth-order valence-corrected chi connectivity index (χ4v) is 3.06. The zero-order valence-corrected chi connectivity index (χ0v) is 12.1. The molecule has 1 saturated carbocycles. The zero-order chi connectivity index (χ0) is 13.8. The summed E-state index contributed by atoms with van der Waals surface area (Å²) in [6, 6.07) is 0.544. The predicted octanol–water partition coefficient (Wildman–Crippen LogP) is 1.53. The molecule has 5 nitrogen and oxygen atoms in total. The number of piperazine rings is 1. The Labute approximate surface area is 115 Å². The van der Waals surface area contributed by atoms with Crippen LogP contribution in [0.25, 0.3) is 0 Å². The van der Waals surface area contributed by atoms with E-state index in [1.54, 1.807) is 6.92 Å². The van der Waals surface area contributed by atoms with Crippen molar-refractivity contribution >= 4 is 11.9 Å². The molecule has 0 bridgehead atoms. The maximum absolute atomic E-state index is 12.4. The van der Waals surface area contributed by atoms with Crippen LogP contribution in [0.1, 0.15) is 39.0 Å². The Morgan fingerprint density at radius 2 is 1.47 bits per heavy atom. The lowest BCUT2D eigenvalue weighted by Gasteiger charge is -2.39. The van der Waals surface area contributed by atoms with Gasteiger partial charge in [-0.15, -0.1) is 0 Å². The summed E-state index contributed by atoms with van der Waals surface area (Å²) < 4.78 is 0.